The second-order valence-electron chi connectivity index (χ2n) is 8.56. The van der Waals surface area contributed by atoms with Crippen LogP contribution < -0.4 is 15.5 Å². The van der Waals surface area contributed by atoms with Gasteiger partial charge in [0.05, 0.1) is 23.5 Å². The van der Waals surface area contributed by atoms with Crippen molar-refractivity contribution in [2.45, 2.75) is 6.42 Å². The van der Waals surface area contributed by atoms with E-state index in [1.807, 2.05) is 37.2 Å². The van der Waals surface area contributed by atoms with Crippen LogP contribution in [0.4, 0.5) is 17.3 Å². The van der Waals surface area contributed by atoms with Gasteiger partial charge in [-0.1, -0.05) is 18.1 Å². The lowest BCUT2D eigenvalue weighted by Crippen LogP contribution is -2.31. The average molecular weight is 469 g/mol. The zero-order chi connectivity index (χ0) is 24.8. The Morgan fingerprint density at radius 1 is 1.06 bits per heavy atom. The Balaban J connectivity index is 1.54. The molecule has 35 heavy (non-hydrogen) atoms. The van der Waals surface area contributed by atoms with Gasteiger partial charge in [0.25, 0.3) is 0 Å². The highest BCUT2D eigenvalue weighted by atomic mass is 16.3. The van der Waals surface area contributed by atoms with Gasteiger partial charge in [-0.05, 0) is 56.8 Å². The topological polar surface area (TPSA) is 118 Å². The number of nitrogens with two attached hydrogens (primary N) is 1. The fourth-order valence-corrected chi connectivity index (χ4v) is 3.95. The molecule has 9 nitrogen and oxygen atoms in total. The summed E-state index contributed by atoms with van der Waals surface area (Å²) in [6, 6.07) is 14.8. The summed E-state index contributed by atoms with van der Waals surface area (Å²) in [5.41, 5.74) is 9.16. The van der Waals surface area contributed by atoms with E-state index in [9.17, 15) is 10.4 Å². The number of aromatic hydroxyl groups is 1. The fourth-order valence-electron chi connectivity index (χ4n) is 3.95. The maximum absolute atomic E-state index is 10.2. The molecule has 2 aromatic heterocycles. The van der Waals surface area contributed by atoms with Crippen LogP contribution in [0, 0.1) is 23.2 Å². The Kier molecular flexibility index (Phi) is 7.30. The number of hydrogen-bond donors (Lipinski definition) is 2. The molecular formula is C26H28N8O. The molecule has 0 radical (unpaired) electrons. The standard InChI is InChI=1S/C26H28N8O/c1-32(2)12-5-8-21-19(18-27)10-11-25(29-21)34-14-6-13-33(15-16-34)23-17-22(30-31-26(23)28)20-7-3-4-9-24(20)35/h3-4,7,9-11,17,35H,6,12-16H2,1-2H3,(H2,28,31). The van der Waals surface area contributed by atoms with E-state index in [4.69, 9.17) is 10.7 Å². The first-order valence-corrected chi connectivity index (χ1v) is 11.4. The van der Waals surface area contributed by atoms with Crippen LogP contribution in [-0.2, 0) is 0 Å². The van der Waals surface area contributed by atoms with E-state index < -0.39 is 0 Å². The highest BCUT2D eigenvalue weighted by Crippen LogP contribution is 2.31. The molecule has 3 aromatic rings. The van der Waals surface area contributed by atoms with Crippen LogP contribution in [0.2, 0.25) is 0 Å². The lowest BCUT2D eigenvalue weighted by Gasteiger charge is -2.25. The second-order valence-corrected chi connectivity index (χ2v) is 8.56. The number of rotatable bonds is 4. The summed E-state index contributed by atoms with van der Waals surface area (Å²) >= 11 is 0. The Hall–Kier alpha value is -4.34. The minimum Gasteiger partial charge on any atom is -0.507 e. The first-order chi connectivity index (χ1) is 17.0. The highest BCUT2D eigenvalue weighted by Gasteiger charge is 2.20. The number of nitrogens with zero attached hydrogens (tertiary/aromatic N) is 7. The number of anilines is 3. The minimum atomic E-state index is 0.149. The van der Waals surface area contributed by atoms with Crippen LogP contribution in [0.1, 0.15) is 17.7 Å². The van der Waals surface area contributed by atoms with E-state index >= 15 is 0 Å². The lowest BCUT2D eigenvalue weighted by atomic mass is 10.1. The smallest absolute Gasteiger partial charge is 0.169 e. The highest BCUT2D eigenvalue weighted by molar-refractivity contribution is 5.74. The van der Waals surface area contributed by atoms with Gasteiger partial charge >= 0.3 is 0 Å². The Morgan fingerprint density at radius 2 is 1.83 bits per heavy atom. The number of aromatic nitrogens is 3. The van der Waals surface area contributed by atoms with Gasteiger partial charge in [0, 0.05) is 31.7 Å². The molecule has 1 saturated heterocycles. The first-order valence-electron chi connectivity index (χ1n) is 11.4. The summed E-state index contributed by atoms with van der Waals surface area (Å²) in [7, 11) is 3.90. The third kappa shape index (κ3) is 5.60. The summed E-state index contributed by atoms with van der Waals surface area (Å²) in [5.74, 6) is 7.42. The van der Waals surface area contributed by atoms with Crippen molar-refractivity contribution in [1.29, 1.82) is 5.26 Å². The maximum Gasteiger partial charge on any atom is 0.169 e. The van der Waals surface area contributed by atoms with E-state index in [2.05, 4.69) is 37.9 Å². The van der Waals surface area contributed by atoms with Crippen molar-refractivity contribution in [3.63, 3.8) is 0 Å². The van der Waals surface area contributed by atoms with Gasteiger partial charge < -0.3 is 20.6 Å². The molecule has 0 bridgehead atoms. The average Bonchev–Trinajstić information content (AvgIpc) is 3.11. The van der Waals surface area contributed by atoms with Crippen molar-refractivity contribution in [2.24, 2.45) is 0 Å². The van der Waals surface area contributed by atoms with Gasteiger partial charge in [0.1, 0.15) is 23.3 Å². The largest absolute Gasteiger partial charge is 0.507 e. The summed E-state index contributed by atoms with van der Waals surface area (Å²) in [6.45, 7) is 3.62. The van der Waals surface area contributed by atoms with Gasteiger partial charge in [-0.25, -0.2) is 4.98 Å². The zero-order valence-corrected chi connectivity index (χ0v) is 19.9. The number of phenols is 1. The maximum atomic E-state index is 10.2. The Labute approximate surface area is 205 Å². The van der Waals surface area contributed by atoms with Crippen LogP contribution in [-0.4, -0.2) is 72.0 Å². The molecule has 3 heterocycles. The van der Waals surface area contributed by atoms with E-state index in [1.54, 1.807) is 24.3 Å². The normalized spacial score (nSPS) is 13.7. The summed E-state index contributed by atoms with van der Waals surface area (Å²) in [6.07, 6.45) is 0.886. The number of hydrogen-bond acceptors (Lipinski definition) is 9. The van der Waals surface area contributed by atoms with Gasteiger partial charge in [-0.3, -0.25) is 4.90 Å². The molecule has 9 heteroatoms. The predicted molar refractivity (Wildman–Crippen MR) is 137 cm³/mol. The third-order valence-corrected chi connectivity index (χ3v) is 5.74. The molecule has 1 aromatic carbocycles. The van der Waals surface area contributed by atoms with Gasteiger partial charge in [-0.2, -0.15) is 5.26 Å². The number of nitrogen functional groups attached to an aromatic ring is 1. The van der Waals surface area contributed by atoms with E-state index in [-0.39, 0.29) is 5.75 Å². The van der Waals surface area contributed by atoms with Crippen LogP contribution in [0.15, 0.2) is 42.5 Å². The molecule has 0 amide bonds. The first kappa shape index (κ1) is 23.8. The van der Waals surface area contributed by atoms with E-state index in [0.717, 1.165) is 37.6 Å². The molecule has 1 aliphatic rings. The monoisotopic (exact) mass is 468 g/mol. The summed E-state index contributed by atoms with van der Waals surface area (Å²) in [5, 5.41) is 28.0. The molecule has 3 N–H and O–H groups in total. The van der Waals surface area contributed by atoms with Crippen molar-refractivity contribution in [2.75, 3.05) is 62.4 Å². The van der Waals surface area contributed by atoms with E-state index in [1.165, 1.54) is 0 Å². The second kappa shape index (κ2) is 10.7. The summed E-state index contributed by atoms with van der Waals surface area (Å²) < 4.78 is 0. The Bertz CT molecular complexity index is 1300. The molecule has 0 atom stereocenters. The number of benzene rings is 1. The van der Waals surface area contributed by atoms with Crippen molar-refractivity contribution < 1.29 is 5.11 Å². The van der Waals surface area contributed by atoms with Gasteiger partial charge in [0.2, 0.25) is 0 Å². The molecule has 1 aliphatic heterocycles. The third-order valence-electron chi connectivity index (χ3n) is 5.74. The molecule has 0 unspecified atom stereocenters. The predicted octanol–water partition coefficient (Wildman–Crippen LogP) is 2.33. The molecule has 0 spiro atoms. The summed E-state index contributed by atoms with van der Waals surface area (Å²) in [4.78, 5) is 11.1. The fraction of sp³-hybridized carbons (Fsp3) is 0.308. The van der Waals surface area contributed by atoms with Crippen LogP contribution in [0.5, 0.6) is 5.75 Å². The Morgan fingerprint density at radius 3 is 2.60 bits per heavy atom. The minimum absolute atomic E-state index is 0.149. The van der Waals surface area contributed by atoms with Crippen molar-refractivity contribution in [1.82, 2.24) is 20.1 Å². The van der Waals surface area contributed by atoms with Crippen molar-refractivity contribution in [3.05, 3.63) is 53.7 Å². The van der Waals surface area contributed by atoms with Crippen LogP contribution >= 0.6 is 0 Å². The quantitative estimate of drug-likeness (QED) is 0.556. The van der Waals surface area contributed by atoms with Crippen molar-refractivity contribution in [3.8, 4) is 34.9 Å². The number of nitriles is 1. The molecule has 1 fully saturated rings. The van der Waals surface area contributed by atoms with E-state index in [0.29, 0.717) is 41.4 Å². The molecule has 0 aliphatic carbocycles. The molecule has 178 valence electrons. The molecular weight excluding hydrogens is 440 g/mol. The molecule has 0 saturated carbocycles. The number of phenolic OH excluding ortho intramolecular Hbond substituents is 1. The number of pyridine rings is 1. The van der Waals surface area contributed by atoms with Crippen molar-refractivity contribution >= 4 is 17.3 Å². The van der Waals surface area contributed by atoms with Gasteiger partial charge in [0.15, 0.2) is 5.82 Å². The van der Waals surface area contributed by atoms with Crippen LogP contribution in [0.3, 0.4) is 0 Å². The molecule has 4 rings (SSSR count). The van der Waals surface area contributed by atoms with Gasteiger partial charge in [-0.15, -0.1) is 10.2 Å². The zero-order valence-electron chi connectivity index (χ0n) is 19.9. The SMILES string of the molecule is CN(C)CC#Cc1nc(N2CCCN(c3cc(-c4ccccc4O)nnc3N)CC2)ccc1C#N. The van der Waals surface area contributed by atoms with Crippen LogP contribution in [0.25, 0.3) is 11.3 Å². The lowest BCUT2D eigenvalue weighted by molar-refractivity contribution is 0.464. The number of para-hydroxylation sites is 1.